The first-order valence-electron chi connectivity index (χ1n) is 10.6. The Morgan fingerprint density at radius 1 is 0.759 bits per heavy atom. The van der Waals surface area contributed by atoms with Crippen LogP contribution in [0.2, 0.25) is 0 Å². The summed E-state index contributed by atoms with van der Waals surface area (Å²) in [7, 11) is -1.22. The summed E-state index contributed by atoms with van der Waals surface area (Å²) in [5.41, 5.74) is 3.59. The van der Waals surface area contributed by atoms with Crippen LogP contribution in [0.1, 0.15) is 72.1 Å². The predicted molar refractivity (Wildman–Crippen MR) is 126 cm³/mol. The maximum absolute atomic E-state index is 6.76. The minimum absolute atomic E-state index is 0.0136. The summed E-state index contributed by atoms with van der Waals surface area (Å²) in [6.45, 7) is 20.1. The van der Waals surface area contributed by atoms with Gasteiger partial charge in [0.15, 0.2) is 0 Å². The van der Waals surface area contributed by atoms with Gasteiger partial charge >= 0.3 is 8.53 Å². The summed E-state index contributed by atoms with van der Waals surface area (Å²) in [6, 6.07) is 16.9. The fourth-order valence-corrected chi connectivity index (χ4v) is 4.62. The summed E-state index contributed by atoms with van der Waals surface area (Å²) in [6.07, 6.45) is 0. The van der Waals surface area contributed by atoms with Gasteiger partial charge in [-0.15, -0.1) is 0 Å². The molecule has 1 atom stereocenters. The van der Waals surface area contributed by atoms with E-state index in [2.05, 4.69) is 90.4 Å². The zero-order valence-electron chi connectivity index (χ0n) is 19.5. The molecule has 0 bridgehead atoms. The second-order valence-electron chi connectivity index (χ2n) is 9.41. The van der Waals surface area contributed by atoms with Gasteiger partial charge in [-0.05, 0) is 16.4 Å². The lowest BCUT2D eigenvalue weighted by atomic mass is 9.80. The molecule has 0 spiro atoms. The minimum atomic E-state index is -1.22. The molecule has 0 amide bonds. The first kappa shape index (κ1) is 23.9. The van der Waals surface area contributed by atoms with Gasteiger partial charge in [0, 0.05) is 24.2 Å². The number of hydrogen-bond acceptors (Lipinski definition) is 3. The molecular formula is C25H38NO2P. The lowest BCUT2D eigenvalue weighted by Crippen LogP contribution is -2.24. The smallest absolute Gasteiger partial charge is 0.321 e. The molecule has 0 heterocycles. The van der Waals surface area contributed by atoms with E-state index >= 15 is 0 Å². The van der Waals surface area contributed by atoms with E-state index in [0.29, 0.717) is 6.61 Å². The zero-order chi connectivity index (χ0) is 21.7. The number of hydrogen-bond donors (Lipinski definition) is 0. The van der Waals surface area contributed by atoms with E-state index in [1.54, 1.807) is 0 Å². The molecule has 2 aromatic rings. The average molecular weight is 416 g/mol. The Labute approximate surface area is 179 Å². The van der Waals surface area contributed by atoms with E-state index in [1.807, 2.05) is 18.2 Å². The minimum Gasteiger partial charge on any atom is -0.435 e. The fraction of sp³-hybridized carbons (Fsp3) is 0.520. The van der Waals surface area contributed by atoms with Gasteiger partial charge in [-0.3, -0.25) is 0 Å². The van der Waals surface area contributed by atoms with Crippen molar-refractivity contribution < 1.29 is 9.05 Å². The van der Waals surface area contributed by atoms with Crippen molar-refractivity contribution in [1.29, 1.82) is 0 Å². The first-order chi connectivity index (χ1) is 13.6. The Morgan fingerprint density at radius 3 is 1.72 bits per heavy atom. The molecule has 0 aliphatic rings. The van der Waals surface area contributed by atoms with Crippen molar-refractivity contribution in [2.75, 3.05) is 13.1 Å². The molecule has 0 saturated heterocycles. The highest BCUT2D eigenvalue weighted by Crippen LogP contribution is 2.49. The second kappa shape index (κ2) is 10.1. The van der Waals surface area contributed by atoms with Crippen LogP contribution in [-0.4, -0.2) is 17.8 Å². The normalized spacial score (nSPS) is 13.6. The summed E-state index contributed by atoms with van der Waals surface area (Å²) in [4.78, 5) is 0. The molecule has 1 unspecified atom stereocenters. The van der Waals surface area contributed by atoms with Crippen molar-refractivity contribution in [2.45, 2.75) is 72.8 Å². The van der Waals surface area contributed by atoms with Crippen molar-refractivity contribution in [3.05, 3.63) is 65.2 Å². The average Bonchev–Trinajstić information content (AvgIpc) is 2.66. The molecule has 0 radical (unpaired) electrons. The van der Waals surface area contributed by atoms with Crippen molar-refractivity contribution in [2.24, 2.45) is 0 Å². The van der Waals surface area contributed by atoms with Gasteiger partial charge in [0.05, 0.1) is 6.61 Å². The summed E-state index contributed by atoms with van der Waals surface area (Å²) >= 11 is 0. The third kappa shape index (κ3) is 6.54. The Bertz CT molecular complexity index is 726. The molecule has 4 heteroatoms. The topological polar surface area (TPSA) is 21.7 Å². The third-order valence-electron chi connectivity index (χ3n) is 4.95. The highest BCUT2D eigenvalue weighted by atomic mass is 31.2. The summed E-state index contributed by atoms with van der Waals surface area (Å²) in [5, 5.41) is 0. The maximum Gasteiger partial charge on any atom is 0.321 e. The van der Waals surface area contributed by atoms with E-state index in [0.717, 1.165) is 24.4 Å². The second-order valence-corrected chi connectivity index (χ2v) is 10.9. The Hall–Kier alpha value is -1.41. The molecule has 0 aliphatic carbocycles. The van der Waals surface area contributed by atoms with Crippen molar-refractivity contribution in [1.82, 2.24) is 4.67 Å². The quantitative estimate of drug-likeness (QED) is 0.418. The Kier molecular flexibility index (Phi) is 8.28. The largest absolute Gasteiger partial charge is 0.435 e. The standard InChI is InChI=1S/C25H38NO2P/c1-9-26(10-2)29(27-19-20-15-12-11-13-16-20)28-23-21(24(3,4)5)17-14-18-22(23)25(6,7)8/h11-18H,9-10,19H2,1-8H3. The lowest BCUT2D eigenvalue weighted by molar-refractivity contribution is 0.254. The van der Waals surface area contributed by atoms with Crippen LogP contribution in [0.3, 0.4) is 0 Å². The van der Waals surface area contributed by atoms with Crippen LogP contribution in [0.15, 0.2) is 48.5 Å². The van der Waals surface area contributed by atoms with Gasteiger partial charge in [0.2, 0.25) is 0 Å². The molecule has 29 heavy (non-hydrogen) atoms. The zero-order valence-corrected chi connectivity index (χ0v) is 20.3. The first-order valence-corrected chi connectivity index (χ1v) is 11.7. The molecule has 0 N–H and O–H groups in total. The summed E-state index contributed by atoms with van der Waals surface area (Å²) < 4.78 is 15.4. The van der Waals surface area contributed by atoms with Crippen molar-refractivity contribution in [3.63, 3.8) is 0 Å². The highest BCUT2D eigenvalue weighted by molar-refractivity contribution is 7.45. The van der Waals surface area contributed by atoms with E-state index in [-0.39, 0.29) is 10.8 Å². The fourth-order valence-electron chi connectivity index (χ4n) is 3.22. The van der Waals surface area contributed by atoms with Crippen LogP contribution in [0.25, 0.3) is 0 Å². The molecule has 2 rings (SSSR count). The van der Waals surface area contributed by atoms with Crippen LogP contribution in [-0.2, 0) is 22.0 Å². The Morgan fingerprint density at radius 2 is 1.28 bits per heavy atom. The number of nitrogens with zero attached hydrogens (tertiary/aromatic N) is 1. The van der Waals surface area contributed by atoms with Gasteiger partial charge in [-0.2, -0.15) is 0 Å². The molecule has 3 nitrogen and oxygen atoms in total. The van der Waals surface area contributed by atoms with Crippen molar-refractivity contribution >= 4 is 8.53 Å². The molecule has 160 valence electrons. The van der Waals surface area contributed by atoms with Gasteiger partial charge in [0.1, 0.15) is 5.75 Å². The number of rotatable bonds is 8. The van der Waals surface area contributed by atoms with Crippen molar-refractivity contribution in [3.8, 4) is 5.75 Å². The molecule has 2 aromatic carbocycles. The summed E-state index contributed by atoms with van der Waals surface area (Å²) in [5.74, 6) is 0.985. The van der Waals surface area contributed by atoms with Gasteiger partial charge in [-0.1, -0.05) is 104 Å². The predicted octanol–water partition coefficient (Wildman–Crippen LogP) is 7.45. The highest BCUT2D eigenvalue weighted by Gasteiger charge is 2.30. The molecule has 0 aromatic heterocycles. The van der Waals surface area contributed by atoms with Gasteiger partial charge in [-0.25, -0.2) is 4.67 Å². The SMILES string of the molecule is CCN(CC)P(OCc1ccccc1)Oc1c(C(C)(C)C)cccc1C(C)(C)C. The van der Waals surface area contributed by atoms with Crippen LogP contribution in [0.5, 0.6) is 5.75 Å². The van der Waals surface area contributed by atoms with E-state index in [9.17, 15) is 0 Å². The molecule has 0 aliphatic heterocycles. The third-order valence-corrected chi connectivity index (χ3v) is 6.66. The monoisotopic (exact) mass is 415 g/mol. The molecule has 0 saturated carbocycles. The molecule has 0 fully saturated rings. The van der Waals surface area contributed by atoms with Gasteiger partial charge in [0.25, 0.3) is 0 Å². The number of benzene rings is 2. The van der Waals surface area contributed by atoms with Crippen LogP contribution >= 0.6 is 8.53 Å². The lowest BCUT2D eigenvalue weighted by Gasteiger charge is -2.33. The van der Waals surface area contributed by atoms with Crippen LogP contribution < -0.4 is 4.52 Å². The Balaban J connectivity index is 2.43. The van der Waals surface area contributed by atoms with Gasteiger partial charge < -0.3 is 9.05 Å². The molecular weight excluding hydrogens is 377 g/mol. The van der Waals surface area contributed by atoms with E-state index in [4.69, 9.17) is 9.05 Å². The number of para-hydroxylation sites is 1. The van der Waals surface area contributed by atoms with E-state index in [1.165, 1.54) is 11.1 Å². The van der Waals surface area contributed by atoms with Crippen LogP contribution in [0, 0.1) is 0 Å². The van der Waals surface area contributed by atoms with E-state index < -0.39 is 8.53 Å². The van der Waals surface area contributed by atoms with Crippen LogP contribution in [0.4, 0.5) is 0 Å². The maximum atomic E-state index is 6.76.